The number of amides is 1. The van der Waals surface area contributed by atoms with Gasteiger partial charge in [0.2, 0.25) is 15.9 Å². The van der Waals surface area contributed by atoms with Crippen molar-refractivity contribution < 1.29 is 22.7 Å². The maximum absolute atomic E-state index is 13.1. The number of hydrogen-bond donors (Lipinski definition) is 1. The Morgan fingerprint density at radius 3 is 2.49 bits per heavy atom. The summed E-state index contributed by atoms with van der Waals surface area (Å²) in [6, 6.07) is 5.20. The van der Waals surface area contributed by atoms with E-state index in [-0.39, 0.29) is 24.5 Å². The zero-order chi connectivity index (χ0) is 26.9. The number of hydrogen-bond acceptors (Lipinski definition) is 7. The standard InChI is InChI=1S/C27H37N3O5S2/c1-17(2)35-27(32)25-22-9-6-18(3)14-23(22)36-26(25)28-24(31)16-29-10-12-30(13-11-29)37(33,34)21-8-7-19(4)20(5)15-21/h7-8,15,17-18H,6,9-14,16H2,1-5H3,(H,28,31)/t18-/m0/s1. The number of piperazine rings is 1. The summed E-state index contributed by atoms with van der Waals surface area (Å²) in [6.07, 6.45) is 2.47. The molecule has 1 aromatic carbocycles. The smallest absolute Gasteiger partial charge is 0.341 e. The average Bonchev–Trinajstić information content (AvgIpc) is 3.17. The number of carbonyl (C=O) groups is 2. The van der Waals surface area contributed by atoms with Gasteiger partial charge >= 0.3 is 5.97 Å². The average molecular weight is 548 g/mol. The molecule has 0 saturated carbocycles. The molecule has 1 atom stereocenters. The molecule has 1 fully saturated rings. The summed E-state index contributed by atoms with van der Waals surface area (Å²) < 4.78 is 33.2. The molecule has 2 heterocycles. The van der Waals surface area contributed by atoms with E-state index in [9.17, 15) is 18.0 Å². The Morgan fingerprint density at radius 2 is 1.84 bits per heavy atom. The largest absolute Gasteiger partial charge is 0.459 e. The van der Waals surface area contributed by atoms with Crippen molar-refractivity contribution in [3.05, 3.63) is 45.3 Å². The van der Waals surface area contributed by atoms with Crippen molar-refractivity contribution in [3.8, 4) is 0 Å². The lowest BCUT2D eigenvalue weighted by atomic mass is 9.88. The zero-order valence-corrected chi connectivity index (χ0v) is 23.9. The van der Waals surface area contributed by atoms with Crippen molar-refractivity contribution in [2.45, 2.75) is 64.9 Å². The Hall–Kier alpha value is -2.27. The molecule has 8 nitrogen and oxygen atoms in total. The van der Waals surface area contributed by atoms with Gasteiger partial charge in [0.15, 0.2) is 0 Å². The third-order valence-corrected chi connectivity index (χ3v) is 10.2. The number of benzene rings is 1. The molecule has 1 N–H and O–H groups in total. The second-order valence-electron chi connectivity index (χ2n) is 10.5. The fourth-order valence-corrected chi connectivity index (χ4v) is 7.77. The molecular formula is C27H37N3O5S2. The molecular weight excluding hydrogens is 510 g/mol. The number of aryl methyl sites for hydroxylation is 2. The number of rotatable bonds is 7. The number of anilines is 1. The van der Waals surface area contributed by atoms with E-state index in [1.165, 1.54) is 15.6 Å². The monoisotopic (exact) mass is 547 g/mol. The number of carbonyl (C=O) groups excluding carboxylic acids is 2. The summed E-state index contributed by atoms with van der Waals surface area (Å²) in [4.78, 5) is 29.3. The first kappa shape index (κ1) is 27.8. The van der Waals surface area contributed by atoms with Crippen LogP contribution in [0.2, 0.25) is 0 Å². The molecule has 4 rings (SSSR count). The van der Waals surface area contributed by atoms with Gasteiger partial charge in [-0.3, -0.25) is 9.69 Å². The van der Waals surface area contributed by atoms with E-state index in [1.807, 2.05) is 38.7 Å². The number of esters is 1. The fraction of sp³-hybridized carbons (Fsp3) is 0.556. The second-order valence-corrected chi connectivity index (χ2v) is 13.5. The van der Waals surface area contributed by atoms with Crippen molar-refractivity contribution in [1.29, 1.82) is 0 Å². The quantitative estimate of drug-likeness (QED) is 0.527. The lowest BCUT2D eigenvalue weighted by Gasteiger charge is -2.33. The molecule has 1 aliphatic carbocycles. The minimum absolute atomic E-state index is 0.134. The predicted molar refractivity (Wildman–Crippen MR) is 146 cm³/mol. The number of nitrogens with one attached hydrogen (secondary N) is 1. The van der Waals surface area contributed by atoms with Crippen molar-refractivity contribution in [3.63, 3.8) is 0 Å². The Balaban J connectivity index is 1.40. The van der Waals surface area contributed by atoms with Crippen LogP contribution in [0, 0.1) is 19.8 Å². The molecule has 37 heavy (non-hydrogen) atoms. The van der Waals surface area contributed by atoms with Crippen LogP contribution in [0.15, 0.2) is 23.1 Å². The maximum atomic E-state index is 13.1. The molecule has 1 saturated heterocycles. The summed E-state index contributed by atoms with van der Waals surface area (Å²) in [6.45, 7) is 11.4. The molecule has 1 aliphatic heterocycles. The predicted octanol–water partition coefficient (Wildman–Crippen LogP) is 4.00. The normalized spacial score (nSPS) is 19.0. The van der Waals surface area contributed by atoms with Crippen molar-refractivity contribution >= 4 is 38.2 Å². The van der Waals surface area contributed by atoms with E-state index in [0.717, 1.165) is 40.8 Å². The Kier molecular flexibility index (Phi) is 8.42. The number of ether oxygens (including phenoxy) is 1. The van der Waals surface area contributed by atoms with Crippen molar-refractivity contribution in [1.82, 2.24) is 9.21 Å². The Bertz CT molecular complexity index is 1280. The third-order valence-electron chi connectivity index (χ3n) is 7.13. The van der Waals surface area contributed by atoms with Crippen LogP contribution in [0.3, 0.4) is 0 Å². The van der Waals surface area contributed by atoms with Gasteiger partial charge in [-0.05, 0) is 81.7 Å². The second kappa shape index (κ2) is 11.2. The third kappa shape index (κ3) is 6.25. The van der Waals surface area contributed by atoms with Crippen molar-refractivity contribution in [2.24, 2.45) is 5.92 Å². The van der Waals surface area contributed by atoms with E-state index < -0.39 is 10.0 Å². The van der Waals surface area contributed by atoms with E-state index in [2.05, 4.69) is 12.2 Å². The van der Waals surface area contributed by atoms with Crippen LogP contribution in [0.1, 0.15) is 59.1 Å². The zero-order valence-electron chi connectivity index (χ0n) is 22.3. The lowest BCUT2D eigenvalue weighted by molar-refractivity contribution is -0.117. The van der Waals surface area contributed by atoms with Gasteiger partial charge in [-0.1, -0.05) is 13.0 Å². The molecule has 0 radical (unpaired) electrons. The number of fused-ring (bicyclic) bond motifs is 1. The molecule has 0 unspecified atom stereocenters. The van der Waals surface area contributed by atoms with Crippen LogP contribution in [-0.4, -0.2) is 68.3 Å². The maximum Gasteiger partial charge on any atom is 0.341 e. The molecule has 1 aromatic heterocycles. The highest BCUT2D eigenvalue weighted by molar-refractivity contribution is 7.89. The van der Waals surface area contributed by atoms with Crippen LogP contribution in [0.25, 0.3) is 0 Å². The Labute approximate surface area is 224 Å². The van der Waals surface area contributed by atoms with Crippen LogP contribution in [0.4, 0.5) is 5.00 Å². The van der Waals surface area contributed by atoms with Crippen LogP contribution in [0.5, 0.6) is 0 Å². The van der Waals surface area contributed by atoms with Gasteiger partial charge in [-0.25, -0.2) is 13.2 Å². The molecule has 2 aliphatic rings. The summed E-state index contributed by atoms with van der Waals surface area (Å²) >= 11 is 1.48. The number of thiophene rings is 1. The topological polar surface area (TPSA) is 96.0 Å². The van der Waals surface area contributed by atoms with Crippen LogP contribution in [-0.2, 0) is 32.4 Å². The molecule has 1 amide bonds. The van der Waals surface area contributed by atoms with Gasteiger partial charge in [0.25, 0.3) is 0 Å². The summed E-state index contributed by atoms with van der Waals surface area (Å²) in [7, 11) is -3.58. The van der Waals surface area contributed by atoms with E-state index in [0.29, 0.717) is 47.6 Å². The fourth-order valence-electron chi connectivity index (χ4n) is 4.85. The van der Waals surface area contributed by atoms with E-state index >= 15 is 0 Å². The van der Waals surface area contributed by atoms with Gasteiger partial charge in [0, 0.05) is 31.1 Å². The summed E-state index contributed by atoms with van der Waals surface area (Å²) in [5.41, 5.74) is 3.50. The lowest BCUT2D eigenvalue weighted by Crippen LogP contribution is -2.50. The van der Waals surface area contributed by atoms with Gasteiger partial charge in [-0.2, -0.15) is 4.31 Å². The highest BCUT2D eigenvalue weighted by Gasteiger charge is 2.32. The van der Waals surface area contributed by atoms with Gasteiger partial charge in [-0.15, -0.1) is 11.3 Å². The first-order valence-corrected chi connectivity index (χ1v) is 15.2. The van der Waals surface area contributed by atoms with E-state index in [4.69, 9.17) is 4.74 Å². The first-order chi connectivity index (χ1) is 17.5. The number of sulfonamides is 1. The molecule has 10 heteroatoms. The first-order valence-electron chi connectivity index (χ1n) is 12.9. The molecule has 0 bridgehead atoms. The van der Waals surface area contributed by atoms with Gasteiger partial charge < -0.3 is 10.1 Å². The molecule has 0 spiro atoms. The SMILES string of the molecule is Cc1ccc(S(=O)(=O)N2CCN(CC(=O)Nc3sc4c(c3C(=O)OC(C)C)CC[C@H](C)C4)CC2)cc1C. The van der Waals surface area contributed by atoms with Gasteiger partial charge in [0.1, 0.15) is 5.00 Å². The Morgan fingerprint density at radius 1 is 1.14 bits per heavy atom. The van der Waals surface area contributed by atoms with Crippen LogP contribution >= 0.6 is 11.3 Å². The minimum Gasteiger partial charge on any atom is -0.459 e. The van der Waals surface area contributed by atoms with E-state index in [1.54, 1.807) is 12.1 Å². The molecule has 202 valence electrons. The highest BCUT2D eigenvalue weighted by Crippen LogP contribution is 2.40. The molecule has 2 aromatic rings. The van der Waals surface area contributed by atoms with Gasteiger partial charge in [0.05, 0.1) is 23.1 Å². The summed E-state index contributed by atoms with van der Waals surface area (Å²) in [5, 5.41) is 3.53. The summed E-state index contributed by atoms with van der Waals surface area (Å²) in [5.74, 6) is -0.0571. The highest BCUT2D eigenvalue weighted by atomic mass is 32.2. The minimum atomic E-state index is -3.58. The van der Waals surface area contributed by atoms with Crippen molar-refractivity contribution in [2.75, 3.05) is 38.0 Å². The van der Waals surface area contributed by atoms with Crippen LogP contribution < -0.4 is 5.32 Å². The number of nitrogens with zero attached hydrogens (tertiary/aromatic N) is 2.